The van der Waals surface area contributed by atoms with E-state index in [1.54, 1.807) is 12.1 Å². The topological polar surface area (TPSA) is 53.2 Å². The molecular weight excluding hydrogens is 293 g/mol. The van der Waals surface area contributed by atoms with Crippen LogP contribution in [-0.4, -0.2) is 11.7 Å². The number of hydrogen-bond donors (Lipinski definition) is 1. The van der Waals surface area contributed by atoms with Crippen LogP contribution in [0.2, 0.25) is 0 Å². The first-order valence-electron chi connectivity index (χ1n) is 8.02. The van der Waals surface area contributed by atoms with Crippen LogP contribution in [0.5, 0.6) is 5.75 Å². The van der Waals surface area contributed by atoms with Gasteiger partial charge in [-0.05, 0) is 43.2 Å². The van der Waals surface area contributed by atoms with E-state index in [0.717, 1.165) is 12.8 Å². The van der Waals surface area contributed by atoms with Gasteiger partial charge < -0.3 is 9.84 Å². The molecule has 3 nitrogen and oxygen atoms in total. The standard InChI is InChI=1S/C19H24FNO2/c1-13-6-5-10-19(2,3)15(13)12-23-17-8-4-7-14(18(17)20)16(22)9-11-21/h4,7-8,16,22H,5-6,9-10,12H2,1-3H3. The maximum Gasteiger partial charge on any atom is 0.170 e. The highest BCUT2D eigenvalue weighted by Crippen LogP contribution is 2.40. The highest BCUT2D eigenvalue weighted by molar-refractivity contribution is 5.34. The van der Waals surface area contributed by atoms with Crippen molar-refractivity contribution in [2.75, 3.05) is 6.61 Å². The van der Waals surface area contributed by atoms with Gasteiger partial charge in [-0.2, -0.15) is 5.26 Å². The Hall–Kier alpha value is -1.86. The summed E-state index contributed by atoms with van der Waals surface area (Å²) in [5.74, 6) is -0.455. The van der Waals surface area contributed by atoms with Crippen molar-refractivity contribution in [1.82, 2.24) is 0 Å². The van der Waals surface area contributed by atoms with E-state index in [1.807, 2.05) is 6.07 Å². The smallest absolute Gasteiger partial charge is 0.170 e. The highest BCUT2D eigenvalue weighted by atomic mass is 19.1. The fraction of sp³-hybridized carbons (Fsp3) is 0.526. The lowest BCUT2D eigenvalue weighted by Crippen LogP contribution is -2.25. The second-order valence-corrected chi connectivity index (χ2v) is 6.82. The zero-order chi connectivity index (χ0) is 17.0. The Labute approximate surface area is 137 Å². The lowest BCUT2D eigenvalue weighted by atomic mass is 9.73. The van der Waals surface area contributed by atoms with E-state index in [1.165, 1.54) is 23.6 Å². The third-order valence-electron chi connectivity index (χ3n) is 4.69. The van der Waals surface area contributed by atoms with E-state index in [2.05, 4.69) is 20.8 Å². The average molecular weight is 317 g/mol. The number of aliphatic hydroxyl groups excluding tert-OH is 1. The molecule has 1 aliphatic carbocycles. The van der Waals surface area contributed by atoms with Crippen molar-refractivity contribution in [3.8, 4) is 11.8 Å². The zero-order valence-electron chi connectivity index (χ0n) is 14.0. The molecule has 0 fully saturated rings. The van der Waals surface area contributed by atoms with E-state index >= 15 is 0 Å². The van der Waals surface area contributed by atoms with Gasteiger partial charge in [0.05, 0.1) is 18.6 Å². The third-order valence-corrected chi connectivity index (χ3v) is 4.69. The number of nitrogens with zero attached hydrogens (tertiary/aromatic N) is 1. The molecule has 0 aromatic heterocycles. The van der Waals surface area contributed by atoms with Crippen molar-refractivity contribution in [1.29, 1.82) is 5.26 Å². The number of halogens is 1. The van der Waals surface area contributed by atoms with Gasteiger partial charge >= 0.3 is 0 Å². The highest BCUT2D eigenvalue weighted by Gasteiger charge is 2.29. The van der Waals surface area contributed by atoms with Gasteiger partial charge in [0.15, 0.2) is 11.6 Å². The SMILES string of the molecule is CC1=C(COc2cccc(C(O)CC#N)c2F)C(C)(C)CCC1. The zero-order valence-corrected chi connectivity index (χ0v) is 14.0. The fourth-order valence-corrected chi connectivity index (χ4v) is 3.24. The first kappa shape index (κ1) is 17.5. The molecule has 0 amide bonds. The molecule has 1 unspecified atom stereocenters. The predicted molar refractivity (Wildman–Crippen MR) is 87.4 cm³/mol. The van der Waals surface area contributed by atoms with Crippen molar-refractivity contribution in [3.05, 3.63) is 40.7 Å². The minimum absolute atomic E-state index is 0.0662. The second-order valence-electron chi connectivity index (χ2n) is 6.82. The van der Waals surface area contributed by atoms with Gasteiger partial charge in [-0.25, -0.2) is 4.39 Å². The Kier molecular flexibility index (Phi) is 5.43. The second kappa shape index (κ2) is 7.14. The van der Waals surface area contributed by atoms with Crippen molar-refractivity contribution in [2.24, 2.45) is 5.41 Å². The number of allylic oxidation sites excluding steroid dienone is 1. The molecule has 0 saturated carbocycles. The normalized spacial score (nSPS) is 18.4. The summed E-state index contributed by atoms with van der Waals surface area (Å²) < 4.78 is 20.2. The number of rotatable bonds is 5. The van der Waals surface area contributed by atoms with Crippen LogP contribution in [0.15, 0.2) is 29.3 Å². The average Bonchev–Trinajstić information content (AvgIpc) is 2.47. The molecule has 1 aromatic rings. The number of ether oxygens (including phenoxy) is 1. The van der Waals surface area contributed by atoms with Crippen molar-refractivity contribution in [2.45, 2.75) is 52.6 Å². The van der Waals surface area contributed by atoms with Crippen LogP contribution in [0.4, 0.5) is 4.39 Å². The van der Waals surface area contributed by atoms with Crippen LogP contribution < -0.4 is 4.74 Å². The molecule has 0 heterocycles. The molecule has 1 atom stereocenters. The summed E-state index contributed by atoms with van der Waals surface area (Å²) in [6.45, 7) is 6.85. The minimum Gasteiger partial charge on any atom is -0.486 e. The summed E-state index contributed by atoms with van der Waals surface area (Å²) in [5.41, 5.74) is 2.72. The van der Waals surface area contributed by atoms with Crippen LogP contribution in [0.1, 0.15) is 58.1 Å². The first-order chi connectivity index (χ1) is 10.9. The van der Waals surface area contributed by atoms with Gasteiger partial charge in [-0.3, -0.25) is 0 Å². The molecule has 23 heavy (non-hydrogen) atoms. The molecule has 0 aliphatic heterocycles. The van der Waals surface area contributed by atoms with Crippen LogP contribution in [0.25, 0.3) is 0 Å². The van der Waals surface area contributed by atoms with Crippen molar-refractivity contribution in [3.63, 3.8) is 0 Å². The maximum absolute atomic E-state index is 14.5. The molecule has 4 heteroatoms. The first-order valence-corrected chi connectivity index (χ1v) is 8.02. The van der Waals surface area contributed by atoms with Gasteiger partial charge in [-0.15, -0.1) is 0 Å². The molecule has 1 N–H and O–H groups in total. The van der Waals surface area contributed by atoms with Gasteiger partial charge in [0, 0.05) is 5.56 Å². The Morgan fingerprint density at radius 2 is 2.17 bits per heavy atom. The predicted octanol–water partition coefficient (Wildman–Crippen LogP) is 4.68. The largest absolute Gasteiger partial charge is 0.486 e. The molecule has 0 saturated heterocycles. The molecule has 0 spiro atoms. The molecule has 124 valence electrons. The van der Waals surface area contributed by atoms with E-state index in [9.17, 15) is 9.50 Å². The molecular formula is C19H24FNO2. The van der Waals surface area contributed by atoms with Crippen LogP contribution in [-0.2, 0) is 0 Å². The number of nitriles is 1. The molecule has 1 aliphatic rings. The molecule has 1 aromatic carbocycles. The van der Waals surface area contributed by atoms with E-state index < -0.39 is 11.9 Å². The number of hydrogen-bond acceptors (Lipinski definition) is 3. The summed E-state index contributed by atoms with van der Waals surface area (Å²) in [6, 6.07) is 6.53. The Balaban J connectivity index is 2.18. The summed E-state index contributed by atoms with van der Waals surface area (Å²) in [5, 5.41) is 18.5. The molecule has 2 rings (SSSR count). The Morgan fingerprint density at radius 3 is 2.83 bits per heavy atom. The molecule has 0 radical (unpaired) electrons. The lowest BCUT2D eigenvalue weighted by Gasteiger charge is -2.34. The van der Waals surface area contributed by atoms with Crippen molar-refractivity contribution >= 4 is 0 Å². The number of aliphatic hydroxyl groups is 1. The number of benzene rings is 1. The van der Waals surface area contributed by atoms with Gasteiger partial charge in [0.1, 0.15) is 6.61 Å². The summed E-state index contributed by atoms with van der Waals surface area (Å²) in [4.78, 5) is 0. The minimum atomic E-state index is -1.13. The summed E-state index contributed by atoms with van der Waals surface area (Å²) >= 11 is 0. The quantitative estimate of drug-likeness (QED) is 0.802. The van der Waals surface area contributed by atoms with Gasteiger partial charge in [0.25, 0.3) is 0 Å². The summed E-state index contributed by atoms with van der Waals surface area (Å²) in [6.07, 6.45) is 2.07. The molecule has 0 bridgehead atoms. The third kappa shape index (κ3) is 3.92. The van der Waals surface area contributed by atoms with Crippen LogP contribution in [0, 0.1) is 22.6 Å². The van der Waals surface area contributed by atoms with E-state index in [4.69, 9.17) is 10.00 Å². The van der Waals surface area contributed by atoms with Gasteiger partial charge in [-0.1, -0.05) is 31.6 Å². The summed E-state index contributed by atoms with van der Waals surface area (Å²) in [7, 11) is 0. The van der Waals surface area contributed by atoms with Crippen LogP contribution >= 0.6 is 0 Å². The maximum atomic E-state index is 14.5. The monoisotopic (exact) mass is 317 g/mol. The van der Waals surface area contributed by atoms with Gasteiger partial charge in [0.2, 0.25) is 0 Å². The van der Waals surface area contributed by atoms with Crippen molar-refractivity contribution < 1.29 is 14.2 Å². The Bertz CT molecular complexity index is 643. The Morgan fingerprint density at radius 1 is 1.43 bits per heavy atom. The van der Waals surface area contributed by atoms with E-state index in [-0.39, 0.29) is 23.1 Å². The van der Waals surface area contributed by atoms with E-state index in [0.29, 0.717) is 6.61 Å². The van der Waals surface area contributed by atoms with Crippen LogP contribution in [0.3, 0.4) is 0 Å². The lowest BCUT2D eigenvalue weighted by molar-refractivity contribution is 0.176. The fourth-order valence-electron chi connectivity index (χ4n) is 3.24.